The fraction of sp³-hybridized carbons (Fsp3) is 0.182. The van der Waals surface area contributed by atoms with Gasteiger partial charge in [0, 0.05) is 10.8 Å². The van der Waals surface area contributed by atoms with E-state index in [1.807, 2.05) is 0 Å². The number of thiazole rings is 1. The lowest BCUT2D eigenvalue weighted by Crippen LogP contribution is -2.11. The normalized spacial score (nSPS) is 10.2. The summed E-state index contributed by atoms with van der Waals surface area (Å²) in [4.78, 5) is 27.3. The molecule has 0 aliphatic heterocycles. The Kier molecular flexibility index (Phi) is 4.67. The Labute approximate surface area is 125 Å². The maximum absolute atomic E-state index is 11.9. The molecule has 5 nitrogen and oxygen atoms in total. The second-order valence-electron chi connectivity index (χ2n) is 3.35. The van der Waals surface area contributed by atoms with Crippen LogP contribution in [0, 0.1) is 0 Å². The van der Waals surface area contributed by atoms with E-state index in [1.165, 1.54) is 22.7 Å². The van der Waals surface area contributed by atoms with Gasteiger partial charge in [-0.05, 0) is 28.9 Å². The predicted octanol–water partition coefficient (Wildman–Crippen LogP) is 3.40. The highest BCUT2D eigenvalue weighted by atomic mass is 79.9. The van der Waals surface area contributed by atoms with E-state index >= 15 is 0 Å². The van der Waals surface area contributed by atoms with Crippen LogP contribution < -0.4 is 5.32 Å². The molecule has 0 saturated heterocycles. The number of thiophene rings is 1. The van der Waals surface area contributed by atoms with Crippen LogP contribution in [0.15, 0.2) is 20.6 Å². The van der Waals surface area contributed by atoms with Crippen molar-refractivity contribution in [3.8, 4) is 0 Å². The number of ether oxygens (including phenoxy) is 1. The molecule has 1 amide bonds. The van der Waals surface area contributed by atoms with Crippen LogP contribution in [0.3, 0.4) is 0 Å². The van der Waals surface area contributed by atoms with Gasteiger partial charge in [-0.2, -0.15) is 0 Å². The lowest BCUT2D eigenvalue weighted by molar-refractivity contribution is 0.0520. The van der Waals surface area contributed by atoms with Crippen molar-refractivity contribution in [2.45, 2.75) is 6.92 Å². The van der Waals surface area contributed by atoms with Gasteiger partial charge in [-0.3, -0.25) is 10.1 Å². The maximum Gasteiger partial charge on any atom is 0.357 e. The molecule has 8 heteroatoms. The number of esters is 1. The Balaban J connectivity index is 2.04. The summed E-state index contributed by atoms with van der Waals surface area (Å²) in [6.07, 6.45) is 0. The molecule has 2 aromatic rings. The van der Waals surface area contributed by atoms with Crippen molar-refractivity contribution in [3.05, 3.63) is 31.9 Å². The Bertz CT molecular complexity index is 609. The molecular formula is C11H9BrN2O3S2. The van der Waals surface area contributed by atoms with Crippen LogP contribution in [0.25, 0.3) is 0 Å². The number of amides is 1. The topological polar surface area (TPSA) is 68.3 Å². The number of aromatic nitrogens is 1. The Morgan fingerprint density at radius 2 is 2.21 bits per heavy atom. The molecular weight excluding hydrogens is 352 g/mol. The lowest BCUT2D eigenvalue weighted by Gasteiger charge is -1.98. The first kappa shape index (κ1) is 14.2. The average molecular weight is 361 g/mol. The third-order valence-corrected chi connectivity index (χ3v) is 4.30. The van der Waals surface area contributed by atoms with Crippen LogP contribution in [0.4, 0.5) is 5.13 Å². The van der Waals surface area contributed by atoms with E-state index in [0.717, 1.165) is 3.79 Å². The van der Waals surface area contributed by atoms with Crippen molar-refractivity contribution in [3.63, 3.8) is 0 Å². The Morgan fingerprint density at radius 3 is 2.84 bits per heavy atom. The minimum absolute atomic E-state index is 0.202. The van der Waals surface area contributed by atoms with Gasteiger partial charge in [0.2, 0.25) is 0 Å². The number of carbonyl (C=O) groups excluding carboxylic acids is 2. The zero-order valence-corrected chi connectivity index (χ0v) is 13.0. The smallest absolute Gasteiger partial charge is 0.357 e. The van der Waals surface area contributed by atoms with Crippen molar-refractivity contribution in [2.24, 2.45) is 0 Å². The second-order valence-corrected chi connectivity index (χ2v) is 6.50. The van der Waals surface area contributed by atoms with E-state index in [2.05, 4.69) is 26.2 Å². The van der Waals surface area contributed by atoms with Gasteiger partial charge in [0.05, 0.1) is 16.0 Å². The van der Waals surface area contributed by atoms with Gasteiger partial charge in [-0.25, -0.2) is 9.78 Å². The summed E-state index contributed by atoms with van der Waals surface area (Å²) in [6.45, 7) is 2.02. The lowest BCUT2D eigenvalue weighted by atomic mass is 10.3. The van der Waals surface area contributed by atoms with E-state index in [1.54, 1.807) is 23.8 Å². The number of carbonyl (C=O) groups is 2. The standard InChI is InChI=1S/C11H9BrN2O3S2/c1-2-17-10(16)7-5-19-11(13-7)14-9(15)6-3-8(12)18-4-6/h3-5H,2H2,1H3,(H,13,14,15). The minimum atomic E-state index is -0.488. The first-order valence-corrected chi connectivity index (χ1v) is 7.83. The van der Waals surface area contributed by atoms with Gasteiger partial charge in [-0.1, -0.05) is 0 Å². The molecule has 0 aliphatic rings. The Hall–Kier alpha value is -1.25. The van der Waals surface area contributed by atoms with Crippen LogP contribution in [0.5, 0.6) is 0 Å². The first-order chi connectivity index (χ1) is 9.10. The minimum Gasteiger partial charge on any atom is -0.461 e. The van der Waals surface area contributed by atoms with E-state index in [9.17, 15) is 9.59 Å². The van der Waals surface area contributed by atoms with Crippen LogP contribution in [-0.2, 0) is 4.74 Å². The number of nitrogens with one attached hydrogen (secondary N) is 1. The highest BCUT2D eigenvalue weighted by Gasteiger charge is 2.14. The zero-order chi connectivity index (χ0) is 13.8. The van der Waals surface area contributed by atoms with Gasteiger partial charge in [0.1, 0.15) is 0 Å². The number of anilines is 1. The molecule has 0 saturated carbocycles. The average Bonchev–Trinajstić information content (AvgIpc) is 2.98. The van der Waals surface area contributed by atoms with Gasteiger partial charge in [-0.15, -0.1) is 22.7 Å². The van der Waals surface area contributed by atoms with Crippen LogP contribution in [0.1, 0.15) is 27.8 Å². The summed E-state index contributed by atoms with van der Waals surface area (Å²) in [7, 11) is 0. The summed E-state index contributed by atoms with van der Waals surface area (Å²) in [5.74, 6) is -0.746. The monoisotopic (exact) mass is 360 g/mol. The number of rotatable bonds is 4. The third-order valence-electron chi connectivity index (χ3n) is 2.04. The molecule has 2 heterocycles. The van der Waals surface area contributed by atoms with Crippen molar-refractivity contribution >= 4 is 55.6 Å². The largest absolute Gasteiger partial charge is 0.461 e. The Morgan fingerprint density at radius 1 is 1.42 bits per heavy atom. The predicted molar refractivity (Wildman–Crippen MR) is 78.0 cm³/mol. The molecule has 0 bridgehead atoms. The quantitative estimate of drug-likeness (QED) is 0.848. The molecule has 2 aromatic heterocycles. The van der Waals surface area contributed by atoms with Gasteiger partial charge < -0.3 is 4.74 Å². The molecule has 0 radical (unpaired) electrons. The van der Waals surface area contributed by atoms with E-state index < -0.39 is 5.97 Å². The molecule has 2 rings (SSSR count). The van der Waals surface area contributed by atoms with Gasteiger partial charge >= 0.3 is 5.97 Å². The highest BCUT2D eigenvalue weighted by molar-refractivity contribution is 9.11. The van der Waals surface area contributed by atoms with Crippen molar-refractivity contribution in [1.29, 1.82) is 0 Å². The fourth-order valence-corrected chi connectivity index (χ4v) is 3.04. The van der Waals surface area contributed by atoms with Crippen molar-refractivity contribution in [1.82, 2.24) is 4.98 Å². The molecule has 0 aliphatic carbocycles. The molecule has 0 unspecified atom stereocenters. The third kappa shape index (κ3) is 3.62. The summed E-state index contributed by atoms with van der Waals surface area (Å²) >= 11 is 5.90. The molecule has 0 atom stereocenters. The zero-order valence-electron chi connectivity index (χ0n) is 9.81. The highest BCUT2D eigenvalue weighted by Crippen LogP contribution is 2.22. The summed E-state index contributed by atoms with van der Waals surface area (Å²) < 4.78 is 5.70. The van der Waals surface area contributed by atoms with Gasteiger partial charge in [0.15, 0.2) is 10.8 Å². The van der Waals surface area contributed by atoms with Crippen LogP contribution in [0.2, 0.25) is 0 Å². The van der Waals surface area contributed by atoms with Crippen molar-refractivity contribution in [2.75, 3.05) is 11.9 Å². The summed E-state index contributed by atoms with van der Waals surface area (Å²) in [5, 5.41) is 6.29. The molecule has 0 spiro atoms. The molecule has 100 valence electrons. The van der Waals surface area contributed by atoms with E-state index in [4.69, 9.17) is 4.74 Å². The first-order valence-electron chi connectivity index (χ1n) is 5.28. The van der Waals surface area contributed by atoms with Crippen LogP contribution in [-0.4, -0.2) is 23.5 Å². The van der Waals surface area contributed by atoms with Crippen LogP contribution >= 0.6 is 38.6 Å². The SMILES string of the molecule is CCOC(=O)c1csc(NC(=O)c2csc(Br)c2)n1. The molecule has 0 fully saturated rings. The molecule has 1 N–H and O–H groups in total. The second kappa shape index (κ2) is 6.27. The maximum atomic E-state index is 11.9. The van der Waals surface area contributed by atoms with Crippen molar-refractivity contribution < 1.29 is 14.3 Å². The number of hydrogen-bond donors (Lipinski definition) is 1. The van der Waals surface area contributed by atoms with Gasteiger partial charge in [0.25, 0.3) is 5.91 Å². The van der Waals surface area contributed by atoms with E-state index in [0.29, 0.717) is 17.3 Å². The molecule has 19 heavy (non-hydrogen) atoms. The summed E-state index contributed by atoms with van der Waals surface area (Å²) in [6, 6.07) is 1.72. The molecule has 0 aromatic carbocycles. The summed E-state index contributed by atoms with van der Waals surface area (Å²) in [5.41, 5.74) is 0.749. The number of nitrogens with zero attached hydrogens (tertiary/aromatic N) is 1. The number of hydrogen-bond acceptors (Lipinski definition) is 6. The number of halogens is 1. The van der Waals surface area contributed by atoms with E-state index in [-0.39, 0.29) is 11.6 Å². The fourth-order valence-electron chi connectivity index (χ4n) is 1.23.